The van der Waals surface area contributed by atoms with Gasteiger partial charge in [-0.2, -0.15) is 0 Å². The number of hydrogen-bond donors (Lipinski definition) is 1. The number of allylic oxidation sites excluding steroid dienone is 2. The first-order valence-corrected chi connectivity index (χ1v) is 6.68. The number of aromatic nitrogens is 2. The van der Waals surface area contributed by atoms with Gasteiger partial charge in [-0.3, -0.25) is 0 Å². The van der Waals surface area contributed by atoms with Crippen LogP contribution in [-0.4, -0.2) is 17.1 Å². The van der Waals surface area contributed by atoms with Gasteiger partial charge in [-0.25, -0.2) is 4.98 Å². The smallest absolute Gasteiger partial charge is 0.217 e. The van der Waals surface area contributed by atoms with Crippen LogP contribution in [0.15, 0.2) is 42.1 Å². The third-order valence-corrected chi connectivity index (χ3v) is 2.94. The molecule has 0 aromatic carbocycles. The van der Waals surface area contributed by atoms with Gasteiger partial charge in [0.25, 0.3) is 0 Å². The molecule has 2 rings (SSSR count). The lowest BCUT2D eigenvalue weighted by Crippen LogP contribution is -1.96. The topological polar surface area (TPSA) is 37.9 Å². The van der Waals surface area contributed by atoms with Crippen molar-refractivity contribution >= 4 is 12.2 Å². The van der Waals surface area contributed by atoms with Gasteiger partial charge in [-0.15, -0.1) is 0 Å². The van der Waals surface area contributed by atoms with E-state index in [0.717, 1.165) is 23.4 Å². The van der Waals surface area contributed by atoms with Gasteiger partial charge in [0, 0.05) is 17.5 Å². The molecule has 0 unspecified atom stereocenters. The van der Waals surface area contributed by atoms with E-state index in [0.29, 0.717) is 5.88 Å². The Morgan fingerprint density at radius 2 is 2.10 bits per heavy atom. The van der Waals surface area contributed by atoms with Crippen molar-refractivity contribution in [3.63, 3.8) is 0 Å². The summed E-state index contributed by atoms with van der Waals surface area (Å²) in [6.07, 6.45) is 8.89. The minimum absolute atomic E-state index is 0.691. The maximum atomic E-state index is 5.37. The molecule has 2 heterocycles. The second-order valence-corrected chi connectivity index (χ2v) is 4.85. The molecule has 0 saturated carbocycles. The molecule has 0 aliphatic rings. The van der Waals surface area contributed by atoms with Crippen LogP contribution in [0.3, 0.4) is 0 Å². The highest BCUT2D eigenvalue weighted by atomic mass is 16.5. The van der Waals surface area contributed by atoms with Gasteiger partial charge in [0.1, 0.15) is 0 Å². The van der Waals surface area contributed by atoms with E-state index in [1.54, 1.807) is 7.11 Å². The first-order chi connectivity index (χ1) is 9.69. The molecular weight excluding hydrogens is 248 g/mol. The number of methoxy groups -OCH3 is 1. The fourth-order valence-corrected chi connectivity index (χ4v) is 1.85. The molecule has 2 aromatic rings. The SMILES string of the molecule is COc1nc(/C=C/c2ccc[nH]2)ccc1CC=C(C)C. The number of rotatable bonds is 5. The Morgan fingerprint density at radius 1 is 1.25 bits per heavy atom. The monoisotopic (exact) mass is 268 g/mol. The van der Waals surface area contributed by atoms with Gasteiger partial charge in [-0.1, -0.05) is 17.7 Å². The van der Waals surface area contributed by atoms with E-state index in [4.69, 9.17) is 4.74 Å². The third kappa shape index (κ3) is 3.85. The average molecular weight is 268 g/mol. The first-order valence-electron chi connectivity index (χ1n) is 6.68. The molecule has 3 nitrogen and oxygen atoms in total. The molecular formula is C17H20N2O. The molecule has 0 fully saturated rings. The minimum atomic E-state index is 0.691. The molecule has 0 bridgehead atoms. The molecule has 0 atom stereocenters. The van der Waals surface area contributed by atoms with E-state index in [9.17, 15) is 0 Å². The minimum Gasteiger partial charge on any atom is -0.481 e. The van der Waals surface area contributed by atoms with Crippen LogP contribution in [0.4, 0.5) is 0 Å². The van der Waals surface area contributed by atoms with E-state index in [-0.39, 0.29) is 0 Å². The van der Waals surface area contributed by atoms with Crippen molar-refractivity contribution < 1.29 is 4.74 Å². The van der Waals surface area contributed by atoms with Crippen LogP contribution in [0.2, 0.25) is 0 Å². The Balaban J connectivity index is 2.18. The average Bonchev–Trinajstić information content (AvgIpc) is 2.96. The summed E-state index contributed by atoms with van der Waals surface area (Å²) in [7, 11) is 1.66. The summed E-state index contributed by atoms with van der Waals surface area (Å²) in [5.41, 5.74) is 4.34. The van der Waals surface area contributed by atoms with Crippen LogP contribution in [0, 0.1) is 0 Å². The van der Waals surface area contributed by atoms with Gasteiger partial charge in [0.05, 0.1) is 12.8 Å². The summed E-state index contributed by atoms with van der Waals surface area (Å²) in [5.74, 6) is 0.691. The molecule has 0 spiro atoms. The standard InChI is InChI=1S/C17H20N2O/c1-13(2)6-7-14-8-9-16(19-17(14)20-3)11-10-15-5-4-12-18-15/h4-6,8-12,18H,7H2,1-3H3/b11-10+. The van der Waals surface area contributed by atoms with Crippen LogP contribution in [0.25, 0.3) is 12.2 Å². The van der Waals surface area contributed by atoms with E-state index < -0.39 is 0 Å². The van der Waals surface area contributed by atoms with E-state index in [2.05, 4.69) is 36.0 Å². The summed E-state index contributed by atoms with van der Waals surface area (Å²) in [6.45, 7) is 4.18. The molecule has 0 aliphatic heterocycles. The Bertz CT molecular complexity index is 606. The van der Waals surface area contributed by atoms with Crippen molar-refractivity contribution in [2.24, 2.45) is 0 Å². The van der Waals surface area contributed by atoms with Crippen molar-refractivity contribution in [3.8, 4) is 5.88 Å². The summed E-state index contributed by atoms with van der Waals surface area (Å²) in [4.78, 5) is 7.64. The number of pyridine rings is 1. The molecule has 1 N–H and O–H groups in total. The zero-order valence-corrected chi connectivity index (χ0v) is 12.2. The van der Waals surface area contributed by atoms with E-state index in [1.165, 1.54) is 5.57 Å². The predicted octanol–water partition coefficient (Wildman–Crippen LogP) is 4.10. The van der Waals surface area contributed by atoms with E-state index >= 15 is 0 Å². The Kier molecular flexibility index (Phi) is 4.77. The molecule has 0 radical (unpaired) electrons. The number of nitrogens with one attached hydrogen (secondary N) is 1. The maximum Gasteiger partial charge on any atom is 0.217 e. The van der Waals surface area contributed by atoms with Crippen LogP contribution in [0.1, 0.15) is 30.8 Å². The zero-order valence-electron chi connectivity index (χ0n) is 12.2. The van der Waals surface area contributed by atoms with Gasteiger partial charge >= 0.3 is 0 Å². The Hall–Kier alpha value is -2.29. The molecule has 3 heteroatoms. The zero-order chi connectivity index (χ0) is 14.4. The van der Waals surface area contributed by atoms with Gasteiger partial charge in [0.2, 0.25) is 5.88 Å². The lowest BCUT2D eigenvalue weighted by atomic mass is 10.1. The highest BCUT2D eigenvalue weighted by molar-refractivity contribution is 5.66. The lowest BCUT2D eigenvalue weighted by Gasteiger charge is -2.06. The summed E-state index contributed by atoms with van der Waals surface area (Å²) in [5, 5.41) is 0. The lowest BCUT2D eigenvalue weighted by molar-refractivity contribution is 0.393. The Morgan fingerprint density at radius 3 is 2.75 bits per heavy atom. The third-order valence-electron chi connectivity index (χ3n) is 2.94. The normalized spacial score (nSPS) is 10.8. The molecule has 20 heavy (non-hydrogen) atoms. The van der Waals surface area contributed by atoms with Crippen molar-refractivity contribution in [1.29, 1.82) is 0 Å². The quantitative estimate of drug-likeness (QED) is 0.829. The molecule has 0 saturated heterocycles. The fourth-order valence-electron chi connectivity index (χ4n) is 1.85. The van der Waals surface area contributed by atoms with Gasteiger partial charge in [-0.05, 0) is 50.6 Å². The second kappa shape index (κ2) is 6.75. The summed E-state index contributed by atoms with van der Waals surface area (Å²) >= 11 is 0. The van der Waals surface area contributed by atoms with Crippen LogP contribution >= 0.6 is 0 Å². The van der Waals surface area contributed by atoms with Crippen LogP contribution in [-0.2, 0) is 6.42 Å². The molecule has 104 valence electrons. The van der Waals surface area contributed by atoms with Gasteiger partial charge in [0.15, 0.2) is 0 Å². The van der Waals surface area contributed by atoms with Crippen molar-refractivity contribution in [1.82, 2.24) is 9.97 Å². The van der Waals surface area contributed by atoms with Crippen molar-refractivity contribution in [3.05, 3.63) is 59.1 Å². The molecule has 0 aliphatic carbocycles. The molecule has 0 amide bonds. The predicted molar refractivity (Wildman–Crippen MR) is 83.6 cm³/mol. The number of H-pyrrole nitrogens is 1. The maximum absolute atomic E-state index is 5.37. The Labute approximate surface area is 120 Å². The fraction of sp³-hybridized carbons (Fsp3) is 0.235. The summed E-state index contributed by atoms with van der Waals surface area (Å²) in [6, 6.07) is 8.06. The van der Waals surface area contributed by atoms with Gasteiger partial charge < -0.3 is 9.72 Å². The summed E-state index contributed by atoms with van der Waals surface area (Å²) < 4.78 is 5.37. The van der Waals surface area contributed by atoms with Crippen LogP contribution < -0.4 is 4.74 Å². The highest BCUT2D eigenvalue weighted by Crippen LogP contribution is 2.18. The van der Waals surface area contributed by atoms with Crippen molar-refractivity contribution in [2.75, 3.05) is 7.11 Å². The van der Waals surface area contributed by atoms with Crippen LogP contribution in [0.5, 0.6) is 5.88 Å². The number of aromatic amines is 1. The second-order valence-electron chi connectivity index (χ2n) is 4.85. The first kappa shape index (κ1) is 14.1. The number of nitrogens with zero attached hydrogens (tertiary/aromatic N) is 1. The number of ether oxygens (including phenoxy) is 1. The highest BCUT2D eigenvalue weighted by Gasteiger charge is 2.03. The van der Waals surface area contributed by atoms with E-state index in [1.807, 2.05) is 36.5 Å². The van der Waals surface area contributed by atoms with Crippen molar-refractivity contribution in [2.45, 2.75) is 20.3 Å². The molecule has 2 aromatic heterocycles. The largest absolute Gasteiger partial charge is 0.481 e. The number of hydrogen-bond acceptors (Lipinski definition) is 2.